The van der Waals surface area contributed by atoms with E-state index in [1.54, 1.807) is 0 Å². The van der Waals surface area contributed by atoms with Gasteiger partial charge < -0.3 is 0 Å². The Labute approximate surface area is 42.5 Å². The summed E-state index contributed by atoms with van der Waals surface area (Å²) in [7, 11) is 2.22. The lowest BCUT2D eigenvalue weighted by molar-refractivity contribution is 0.536. The Hall–Kier alpha value is 0.630. The maximum absolute atomic E-state index is 9.52. The summed E-state index contributed by atoms with van der Waals surface area (Å²) in [4.78, 5) is 0. The molecule has 0 aliphatic carbocycles. The molecule has 38 valence electrons. The first-order valence-electron chi connectivity index (χ1n) is 0.890. The van der Waals surface area contributed by atoms with Gasteiger partial charge in [0.15, 0.2) is 0 Å². The molecule has 0 rings (SSSR count). The Kier molecular flexibility index (Phi) is 2.29. The second kappa shape index (κ2) is 2.07. The zero-order valence-corrected chi connectivity index (χ0v) is 5.32. The molecule has 0 amide bonds. The highest BCUT2D eigenvalue weighted by Gasteiger charge is 1.95. The van der Waals surface area contributed by atoms with Crippen molar-refractivity contribution in [3.05, 3.63) is 0 Å². The molecule has 0 aromatic heterocycles. The normalized spacial score (nSPS) is 11.7. The van der Waals surface area contributed by atoms with Crippen molar-refractivity contribution < 1.29 is 12.4 Å². The van der Waals surface area contributed by atoms with E-state index in [9.17, 15) is 8.42 Å². The van der Waals surface area contributed by atoms with Gasteiger partial charge in [-0.1, -0.05) is 0 Å². The van der Waals surface area contributed by atoms with Crippen molar-refractivity contribution in [2.75, 3.05) is 0 Å². The van der Waals surface area contributed by atoms with Gasteiger partial charge in [0.1, 0.15) is 0 Å². The summed E-state index contributed by atoms with van der Waals surface area (Å²) in [6.07, 6.45) is 0. The highest BCUT2D eigenvalue weighted by atomic mass is 35.7. The number of hydrogen-bond donors (Lipinski definition) is 0. The molecule has 0 aromatic carbocycles. The van der Waals surface area contributed by atoms with Crippen molar-refractivity contribution in [1.82, 2.24) is 0 Å². The molecule has 6 heteroatoms. The fraction of sp³-hybridized carbons (Fsp3) is 0. The van der Waals surface area contributed by atoms with Crippen LogP contribution in [0.2, 0.25) is 0 Å². The molecule has 3 nitrogen and oxygen atoms in total. The lowest BCUT2D eigenvalue weighted by atomic mass is 15.8. The molecule has 1 unspecified atom stereocenters. The summed E-state index contributed by atoms with van der Waals surface area (Å²) in [5.74, 6) is 0. The van der Waals surface area contributed by atoms with Crippen LogP contribution in [0.4, 0.5) is 0 Å². The van der Waals surface area contributed by atoms with Crippen molar-refractivity contribution in [3.8, 4) is 0 Å². The van der Waals surface area contributed by atoms with Gasteiger partial charge >= 0.3 is 9.33 Å². The van der Waals surface area contributed by atoms with Crippen LogP contribution in [0, 0.1) is 0 Å². The number of rotatable bonds is 1. The van der Waals surface area contributed by atoms with Gasteiger partial charge in [0, 0.05) is 20.1 Å². The van der Waals surface area contributed by atoms with Crippen molar-refractivity contribution in [3.63, 3.8) is 0 Å². The van der Waals surface area contributed by atoms with Crippen molar-refractivity contribution >= 4 is 29.5 Å². The Morgan fingerprint density at radius 1 is 1.67 bits per heavy atom. The van der Waals surface area contributed by atoms with Crippen LogP contribution in [0.5, 0.6) is 0 Å². The molecule has 0 saturated carbocycles. The SMILES string of the molecule is O=S(=O)(Cl)OP. The van der Waals surface area contributed by atoms with Crippen LogP contribution in [-0.4, -0.2) is 8.42 Å². The van der Waals surface area contributed by atoms with Crippen LogP contribution in [0.1, 0.15) is 0 Å². The molecule has 0 spiro atoms. The highest BCUT2D eigenvalue weighted by molar-refractivity contribution is 8.11. The maximum Gasteiger partial charge on any atom is 0.358 e. The molecule has 1 atom stereocenters. The van der Waals surface area contributed by atoms with E-state index >= 15 is 0 Å². The number of halogens is 1. The summed E-state index contributed by atoms with van der Waals surface area (Å²) < 4.78 is 22.6. The second-order valence-electron chi connectivity index (χ2n) is 0.489. The van der Waals surface area contributed by atoms with E-state index in [0.717, 1.165) is 0 Å². The average molecular weight is 149 g/mol. The molecule has 0 heterocycles. The summed E-state index contributed by atoms with van der Waals surface area (Å²) >= 11 is 0. The first-order valence-corrected chi connectivity index (χ1v) is 3.60. The predicted octanol–water partition coefficient (Wildman–Crippen LogP) is 0.277. The van der Waals surface area contributed by atoms with E-state index in [-0.39, 0.29) is 0 Å². The predicted molar refractivity (Wildman–Crippen MR) is 25.6 cm³/mol. The molecule has 0 aliphatic heterocycles. The molecule has 0 fully saturated rings. The molecular weight excluding hydrogens is 146 g/mol. The third-order valence-corrected chi connectivity index (χ3v) is 1.69. The molecular formula is H2ClO3PS. The molecule has 0 aliphatic rings. The van der Waals surface area contributed by atoms with E-state index in [1.807, 2.05) is 0 Å². The third-order valence-electron chi connectivity index (χ3n) is 0.115. The van der Waals surface area contributed by atoms with Crippen molar-refractivity contribution in [1.29, 1.82) is 0 Å². The van der Waals surface area contributed by atoms with Crippen LogP contribution in [0.15, 0.2) is 0 Å². The lowest BCUT2D eigenvalue weighted by Crippen LogP contribution is -1.81. The van der Waals surface area contributed by atoms with Gasteiger partial charge in [-0.2, -0.15) is 8.42 Å². The minimum atomic E-state index is -3.73. The Morgan fingerprint density at radius 3 is 1.83 bits per heavy atom. The molecule has 0 saturated heterocycles. The van der Waals surface area contributed by atoms with Gasteiger partial charge in [0.2, 0.25) is 0 Å². The van der Waals surface area contributed by atoms with E-state index in [2.05, 4.69) is 14.7 Å². The van der Waals surface area contributed by atoms with Crippen LogP contribution in [0.25, 0.3) is 0 Å². The smallest absolute Gasteiger partial charge is 0.242 e. The van der Waals surface area contributed by atoms with E-state index in [4.69, 9.17) is 0 Å². The number of hydrogen-bond acceptors (Lipinski definition) is 3. The summed E-state index contributed by atoms with van der Waals surface area (Å²) in [5, 5.41) is 0. The fourth-order valence-corrected chi connectivity index (χ4v) is 0. The standard InChI is InChI=1S/ClH2O3PS/c1-6(2,3)4-5/h5H2. The van der Waals surface area contributed by atoms with Gasteiger partial charge in [0.05, 0.1) is 0 Å². The Bertz CT molecular complexity index is 113. The van der Waals surface area contributed by atoms with E-state index in [1.165, 1.54) is 9.47 Å². The monoisotopic (exact) mass is 148 g/mol. The van der Waals surface area contributed by atoms with Gasteiger partial charge in [0.25, 0.3) is 0 Å². The van der Waals surface area contributed by atoms with Crippen molar-refractivity contribution in [2.45, 2.75) is 0 Å². The minimum absolute atomic E-state index is 1.50. The first kappa shape index (κ1) is 6.63. The average Bonchev–Trinajstić information content (AvgIpc) is 1.35. The first-order chi connectivity index (χ1) is 2.56. The van der Waals surface area contributed by atoms with Gasteiger partial charge in [-0.05, 0) is 0 Å². The molecule has 0 bridgehead atoms. The molecule has 0 radical (unpaired) electrons. The van der Waals surface area contributed by atoms with Crippen LogP contribution >= 0.6 is 20.1 Å². The van der Waals surface area contributed by atoms with Crippen molar-refractivity contribution in [2.24, 2.45) is 0 Å². The fourth-order valence-electron chi connectivity index (χ4n) is 0. The van der Waals surface area contributed by atoms with E-state index < -0.39 is 9.33 Å². The van der Waals surface area contributed by atoms with Gasteiger partial charge in [-0.3, -0.25) is 0 Å². The highest BCUT2D eigenvalue weighted by Crippen LogP contribution is 2.01. The minimum Gasteiger partial charge on any atom is -0.242 e. The molecule has 0 N–H and O–H groups in total. The topological polar surface area (TPSA) is 43.4 Å². The van der Waals surface area contributed by atoms with E-state index in [0.29, 0.717) is 0 Å². The summed E-state index contributed by atoms with van der Waals surface area (Å²) in [6, 6.07) is 0. The summed E-state index contributed by atoms with van der Waals surface area (Å²) in [5.41, 5.74) is 0. The van der Waals surface area contributed by atoms with Crippen LogP contribution in [0.3, 0.4) is 0 Å². The second-order valence-corrected chi connectivity index (χ2v) is 3.18. The third kappa shape index (κ3) is 4.63. The largest absolute Gasteiger partial charge is 0.358 e. The van der Waals surface area contributed by atoms with Crippen LogP contribution < -0.4 is 0 Å². The van der Waals surface area contributed by atoms with Gasteiger partial charge in [-0.15, -0.1) is 0 Å². The quantitative estimate of drug-likeness (QED) is 0.396. The zero-order valence-electron chi connectivity index (χ0n) is 2.59. The van der Waals surface area contributed by atoms with Gasteiger partial charge in [-0.25, -0.2) is 3.97 Å². The Morgan fingerprint density at radius 2 is 1.83 bits per heavy atom. The molecule has 0 aromatic rings. The summed E-state index contributed by atoms with van der Waals surface area (Å²) in [6.45, 7) is 0. The lowest BCUT2D eigenvalue weighted by Gasteiger charge is -1.80. The maximum atomic E-state index is 9.52. The van der Waals surface area contributed by atoms with Crippen LogP contribution in [-0.2, 0) is 13.3 Å². The zero-order chi connectivity index (χ0) is 5.21. The Balaban J connectivity index is 3.85. The molecule has 6 heavy (non-hydrogen) atoms.